The van der Waals surface area contributed by atoms with Crippen LogP contribution in [0.25, 0.3) is 0 Å². The van der Waals surface area contributed by atoms with Crippen molar-refractivity contribution in [2.24, 2.45) is 0 Å². The number of thiophene rings is 1. The fourth-order valence-electron chi connectivity index (χ4n) is 2.65. The number of hydrogen-bond acceptors (Lipinski definition) is 3. The Balaban J connectivity index is 1.59. The van der Waals surface area contributed by atoms with Crippen molar-refractivity contribution < 1.29 is 0 Å². The molecule has 4 heteroatoms. The molecule has 0 fully saturated rings. The molecule has 0 saturated heterocycles. The van der Waals surface area contributed by atoms with Crippen LogP contribution < -0.4 is 5.32 Å². The molecular formula is C15H17ClN2S. The van der Waals surface area contributed by atoms with Gasteiger partial charge in [-0.3, -0.25) is 4.98 Å². The molecule has 1 atom stereocenters. The predicted molar refractivity (Wildman–Crippen MR) is 81.0 cm³/mol. The zero-order chi connectivity index (χ0) is 13.1. The van der Waals surface area contributed by atoms with Crippen LogP contribution in [-0.4, -0.2) is 11.5 Å². The third-order valence-electron chi connectivity index (χ3n) is 3.58. The molecule has 2 aromatic rings. The number of nitrogens with zero attached hydrogens (tertiary/aromatic N) is 1. The summed E-state index contributed by atoms with van der Waals surface area (Å²) in [5.74, 6) is 0. The molecule has 0 aliphatic heterocycles. The van der Waals surface area contributed by atoms with Gasteiger partial charge in [-0.2, -0.15) is 0 Å². The van der Waals surface area contributed by atoms with E-state index in [-0.39, 0.29) is 0 Å². The van der Waals surface area contributed by atoms with E-state index < -0.39 is 0 Å². The van der Waals surface area contributed by atoms with Gasteiger partial charge >= 0.3 is 0 Å². The summed E-state index contributed by atoms with van der Waals surface area (Å²) >= 11 is 7.86. The normalized spacial score (nSPS) is 18.3. The van der Waals surface area contributed by atoms with E-state index in [1.54, 1.807) is 11.3 Å². The maximum absolute atomic E-state index is 6.13. The van der Waals surface area contributed by atoms with E-state index in [9.17, 15) is 0 Å². The summed E-state index contributed by atoms with van der Waals surface area (Å²) in [5, 5.41) is 3.65. The van der Waals surface area contributed by atoms with Gasteiger partial charge in [-0.05, 0) is 43.0 Å². The van der Waals surface area contributed by atoms with Crippen LogP contribution in [0.15, 0.2) is 30.5 Å². The number of aryl methyl sites for hydroxylation is 1. The van der Waals surface area contributed by atoms with Crippen LogP contribution in [0, 0.1) is 0 Å². The molecular weight excluding hydrogens is 276 g/mol. The fourth-order valence-corrected chi connectivity index (χ4v) is 4.04. The van der Waals surface area contributed by atoms with Crippen molar-refractivity contribution in [2.75, 3.05) is 6.54 Å². The molecule has 0 aromatic carbocycles. The third kappa shape index (κ3) is 3.16. The highest BCUT2D eigenvalue weighted by atomic mass is 35.5. The minimum atomic E-state index is 0.469. The SMILES string of the molecule is Clc1cc2c(s1)CCCC2NCCc1ccccn1. The summed E-state index contributed by atoms with van der Waals surface area (Å²) in [7, 11) is 0. The summed E-state index contributed by atoms with van der Waals surface area (Å²) in [4.78, 5) is 5.82. The quantitative estimate of drug-likeness (QED) is 0.921. The zero-order valence-electron chi connectivity index (χ0n) is 10.7. The molecule has 0 radical (unpaired) electrons. The average molecular weight is 293 g/mol. The number of halogens is 1. The maximum atomic E-state index is 6.13. The molecule has 0 spiro atoms. The Labute approximate surface area is 122 Å². The number of aromatic nitrogens is 1. The highest BCUT2D eigenvalue weighted by Gasteiger charge is 2.21. The van der Waals surface area contributed by atoms with Gasteiger partial charge in [0.15, 0.2) is 0 Å². The van der Waals surface area contributed by atoms with Gasteiger partial charge in [-0.25, -0.2) is 0 Å². The first-order valence-electron chi connectivity index (χ1n) is 6.74. The van der Waals surface area contributed by atoms with Crippen molar-refractivity contribution in [3.8, 4) is 0 Å². The predicted octanol–water partition coefficient (Wildman–Crippen LogP) is 4.01. The summed E-state index contributed by atoms with van der Waals surface area (Å²) < 4.78 is 0.920. The van der Waals surface area contributed by atoms with Crippen LogP contribution in [0.4, 0.5) is 0 Å². The molecule has 1 aliphatic carbocycles. The molecule has 2 aromatic heterocycles. The lowest BCUT2D eigenvalue weighted by Crippen LogP contribution is -2.26. The number of pyridine rings is 1. The van der Waals surface area contributed by atoms with Gasteiger partial charge in [0.05, 0.1) is 4.34 Å². The van der Waals surface area contributed by atoms with E-state index in [4.69, 9.17) is 11.6 Å². The lowest BCUT2D eigenvalue weighted by atomic mass is 9.94. The number of hydrogen-bond donors (Lipinski definition) is 1. The van der Waals surface area contributed by atoms with Gasteiger partial charge in [0.1, 0.15) is 0 Å². The maximum Gasteiger partial charge on any atom is 0.0934 e. The van der Waals surface area contributed by atoms with E-state index in [1.165, 1.54) is 29.7 Å². The topological polar surface area (TPSA) is 24.9 Å². The van der Waals surface area contributed by atoms with Gasteiger partial charge in [0, 0.05) is 35.8 Å². The summed E-state index contributed by atoms with van der Waals surface area (Å²) in [6.45, 7) is 0.967. The van der Waals surface area contributed by atoms with Crippen molar-refractivity contribution in [2.45, 2.75) is 31.7 Å². The summed E-state index contributed by atoms with van der Waals surface area (Å²) in [6.07, 6.45) is 6.48. The first-order chi connectivity index (χ1) is 9.33. The van der Waals surface area contributed by atoms with Gasteiger partial charge in [-0.1, -0.05) is 17.7 Å². The highest BCUT2D eigenvalue weighted by molar-refractivity contribution is 7.16. The van der Waals surface area contributed by atoms with Crippen molar-refractivity contribution in [3.05, 3.63) is 50.9 Å². The Bertz CT molecular complexity index is 538. The van der Waals surface area contributed by atoms with Crippen molar-refractivity contribution in [3.63, 3.8) is 0 Å². The standard InChI is InChI=1S/C15H17ClN2S/c16-15-10-12-13(5-3-6-14(12)19-15)18-9-7-11-4-1-2-8-17-11/h1-2,4,8,10,13,18H,3,5-7,9H2. The molecule has 1 N–H and O–H groups in total. The third-order valence-corrected chi connectivity index (χ3v) is 4.92. The zero-order valence-corrected chi connectivity index (χ0v) is 12.3. The van der Waals surface area contributed by atoms with Crippen molar-refractivity contribution >= 4 is 22.9 Å². The summed E-state index contributed by atoms with van der Waals surface area (Å²) in [6, 6.07) is 8.68. The minimum absolute atomic E-state index is 0.469. The second kappa shape index (κ2) is 6.04. The van der Waals surface area contributed by atoms with Crippen molar-refractivity contribution in [1.82, 2.24) is 10.3 Å². The summed E-state index contributed by atoms with van der Waals surface area (Å²) in [5.41, 5.74) is 2.57. The second-order valence-corrected chi connectivity index (χ2v) is 6.67. The van der Waals surface area contributed by atoms with Crippen LogP contribution in [-0.2, 0) is 12.8 Å². The van der Waals surface area contributed by atoms with E-state index in [0.29, 0.717) is 6.04 Å². The van der Waals surface area contributed by atoms with Gasteiger partial charge < -0.3 is 5.32 Å². The first-order valence-corrected chi connectivity index (χ1v) is 7.94. The molecule has 19 heavy (non-hydrogen) atoms. The number of nitrogens with one attached hydrogen (secondary N) is 1. The van der Waals surface area contributed by atoms with E-state index in [0.717, 1.165) is 23.0 Å². The van der Waals surface area contributed by atoms with Crippen LogP contribution in [0.3, 0.4) is 0 Å². The largest absolute Gasteiger partial charge is 0.310 e. The van der Waals surface area contributed by atoms with Crippen LogP contribution in [0.1, 0.15) is 35.0 Å². The Morgan fingerprint density at radius 1 is 1.42 bits per heavy atom. The number of rotatable bonds is 4. The Kier molecular flexibility index (Phi) is 4.16. The average Bonchev–Trinajstić information content (AvgIpc) is 2.81. The number of fused-ring (bicyclic) bond motifs is 1. The Hall–Kier alpha value is -0.900. The lowest BCUT2D eigenvalue weighted by molar-refractivity contribution is 0.466. The van der Waals surface area contributed by atoms with Gasteiger partial charge in [0.25, 0.3) is 0 Å². The van der Waals surface area contributed by atoms with E-state index in [1.807, 2.05) is 18.3 Å². The van der Waals surface area contributed by atoms with Crippen LogP contribution in [0.5, 0.6) is 0 Å². The van der Waals surface area contributed by atoms with E-state index in [2.05, 4.69) is 22.4 Å². The molecule has 3 rings (SSSR count). The Morgan fingerprint density at radius 2 is 2.37 bits per heavy atom. The molecule has 0 bridgehead atoms. The van der Waals surface area contributed by atoms with E-state index >= 15 is 0 Å². The smallest absolute Gasteiger partial charge is 0.0934 e. The molecule has 1 unspecified atom stereocenters. The molecule has 2 nitrogen and oxygen atoms in total. The second-order valence-electron chi connectivity index (χ2n) is 4.90. The molecule has 0 saturated carbocycles. The molecule has 1 aliphatic rings. The molecule has 100 valence electrons. The highest BCUT2D eigenvalue weighted by Crippen LogP contribution is 2.37. The first kappa shape index (κ1) is 13.1. The van der Waals surface area contributed by atoms with Gasteiger partial charge in [0.2, 0.25) is 0 Å². The van der Waals surface area contributed by atoms with Crippen molar-refractivity contribution in [1.29, 1.82) is 0 Å². The van der Waals surface area contributed by atoms with Crippen LogP contribution in [0.2, 0.25) is 4.34 Å². The monoisotopic (exact) mass is 292 g/mol. The minimum Gasteiger partial charge on any atom is -0.310 e. The fraction of sp³-hybridized carbons (Fsp3) is 0.400. The molecule has 0 amide bonds. The van der Waals surface area contributed by atoms with Gasteiger partial charge in [-0.15, -0.1) is 11.3 Å². The molecule has 2 heterocycles. The lowest BCUT2D eigenvalue weighted by Gasteiger charge is -2.23. The Morgan fingerprint density at radius 3 is 3.21 bits per heavy atom. The van der Waals surface area contributed by atoms with Crippen LogP contribution >= 0.6 is 22.9 Å².